The van der Waals surface area contributed by atoms with Crippen molar-refractivity contribution >= 4 is 96.6 Å². The number of hydrogen-bond donors (Lipinski definition) is 2. The van der Waals surface area contributed by atoms with Gasteiger partial charge >= 0.3 is 11.9 Å². The van der Waals surface area contributed by atoms with E-state index < -0.39 is 23.5 Å². The third-order valence-electron chi connectivity index (χ3n) is 6.49. The summed E-state index contributed by atoms with van der Waals surface area (Å²) >= 11 is 11.8. The number of methoxy groups -OCH3 is 5. The number of carbonyl (C=O) groups is 3. The second-order valence-corrected chi connectivity index (χ2v) is 17.0. The fraction of sp³-hybridized carbons (Fsp3) is 0.789. The molecule has 1 aliphatic rings. The number of halogens is 4. The van der Waals surface area contributed by atoms with Crippen LogP contribution in [0.4, 0.5) is 0 Å². The van der Waals surface area contributed by atoms with Crippen LogP contribution in [0.5, 0.6) is 0 Å². The van der Waals surface area contributed by atoms with Gasteiger partial charge in [0.05, 0.1) is 59.6 Å². The van der Waals surface area contributed by atoms with Crippen LogP contribution in [0.2, 0.25) is 0 Å². The lowest BCUT2D eigenvalue weighted by Gasteiger charge is -2.44. The summed E-state index contributed by atoms with van der Waals surface area (Å²) in [5.41, 5.74) is -0.292. The van der Waals surface area contributed by atoms with Gasteiger partial charge in [-0.1, -0.05) is 91.1 Å². The number of aliphatic hydroxyl groups is 2. The van der Waals surface area contributed by atoms with E-state index in [0.29, 0.717) is 38.4 Å². The second kappa shape index (κ2) is 41.9. The first-order chi connectivity index (χ1) is 25.4. The van der Waals surface area contributed by atoms with Crippen molar-refractivity contribution in [1.82, 2.24) is 0 Å². The van der Waals surface area contributed by atoms with Gasteiger partial charge in [-0.05, 0) is 75.8 Å². The lowest BCUT2D eigenvalue weighted by Crippen LogP contribution is -2.48. The van der Waals surface area contributed by atoms with E-state index in [1.54, 1.807) is 19.9 Å². The van der Waals surface area contributed by atoms with Gasteiger partial charge in [0.2, 0.25) is 5.24 Å². The summed E-state index contributed by atoms with van der Waals surface area (Å²) in [7, 11) is 7.20. The highest BCUT2D eigenvalue weighted by Gasteiger charge is 2.42. The predicted octanol–water partition coefficient (Wildman–Crippen LogP) is 9.16. The molecule has 0 radical (unpaired) electrons. The summed E-state index contributed by atoms with van der Waals surface area (Å²) in [6, 6.07) is 1.75. The number of rotatable bonds is 16. The van der Waals surface area contributed by atoms with Crippen molar-refractivity contribution < 1.29 is 57.8 Å². The summed E-state index contributed by atoms with van der Waals surface area (Å²) < 4.78 is 38.3. The van der Waals surface area contributed by atoms with Gasteiger partial charge in [-0.2, -0.15) is 5.26 Å². The third-order valence-corrected chi connectivity index (χ3v) is 10.1. The molecule has 0 amide bonds. The lowest BCUT2D eigenvalue weighted by atomic mass is 9.91. The molecule has 55 heavy (non-hydrogen) atoms. The van der Waals surface area contributed by atoms with Crippen LogP contribution >= 0.6 is 79.4 Å². The molecule has 0 aromatic heterocycles. The smallest absolute Gasteiger partial charge is 0.305 e. The number of alkyl halides is 1. The van der Waals surface area contributed by atoms with Gasteiger partial charge in [-0.25, -0.2) is 0 Å². The van der Waals surface area contributed by atoms with Crippen LogP contribution in [-0.4, -0.2) is 106 Å². The zero-order chi connectivity index (χ0) is 44.8. The van der Waals surface area contributed by atoms with Crippen molar-refractivity contribution in [3.05, 3.63) is 20.3 Å². The van der Waals surface area contributed by atoms with Crippen LogP contribution in [0.1, 0.15) is 94.4 Å². The average molecular weight is 1150 g/mol. The summed E-state index contributed by atoms with van der Waals surface area (Å²) in [5.74, 6) is -0.390. The van der Waals surface area contributed by atoms with Gasteiger partial charge in [0.1, 0.15) is 0 Å². The van der Waals surface area contributed by atoms with E-state index in [4.69, 9.17) is 41.3 Å². The van der Waals surface area contributed by atoms with Gasteiger partial charge < -0.3 is 43.4 Å². The van der Waals surface area contributed by atoms with Gasteiger partial charge in [0.15, 0.2) is 5.79 Å². The molecule has 0 unspecified atom stereocenters. The van der Waals surface area contributed by atoms with Crippen molar-refractivity contribution in [2.45, 2.75) is 107 Å². The van der Waals surface area contributed by atoms with Crippen LogP contribution in [0, 0.1) is 34.0 Å². The number of carbonyl (C=O) groups excluding carboxylic acids is 3. The monoisotopic (exact) mass is 1150 g/mol. The van der Waals surface area contributed by atoms with E-state index in [1.807, 2.05) is 13.8 Å². The fourth-order valence-electron chi connectivity index (χ4n) is 2.80. The van der Waals surface area contributed by atoms with Gasteiger partial charge in [0.25, 0.3) is 6.48 Å². The van der Waals surface area contributed by atoms with Crippen LogP contribution in [-0.2, 0) is 47.5 Å². The van der Waals surface area contributed by atoms with E-state index in [2.05, 4.69) is 128 Å². The van der Waals surface area contributed by atoms with Crippen molar-refractivity contribution in [3.63, 3.8) is 0 Å². The van der Waals surface area contributed by atoms with Crippen molar-refractivity contribution in [2.24, 2.45) is 22.7 Å². The SMILES string of the molecule is C=C(I)[C@H](C)CC1(CCC(=O)OC)OCC(C)(C)CO1.C=C(I)[C@H](C)CI.CC.CC#N.CC(C)(CO)CO.COC(=O)CCC(=O)Cl.COC(OC)OC. The number of nitriles is 1. The minimum atomic E-state index is -0.697. The van der Waals surface area contributed by atoms with E-state index in [0.717, 1.165) is 3.58 Å². The molecule has 0 aliphatic carbocycles. The molecule has 0 aromatic carbocycles. The molecular formula is C38H71ClI3NO12. The molecule has 1 fully saturated rings. The molecule has 1 heterocycles. The first-order valence-corrected chi connectivity index (χ1v) is 21.4. The normalized spacial score (nSPS) is 14.3. The Bertz CT molecular complexity index is 1020. The second-order valence-electron chi connectivity index (χ2n) is 12.9. The maximum atomic E-state index is 11.4. The lowest BCUT2D eigenvalue weighted by molar-refractivity contribution is -0.307. The average Bonchev–Trinajstić information content (AvgIpc) is 3.16. The standard InChI is InChI=1S/C15H25IO4.C5H7ClO3.C5H8I2.C5H12O2.C4H10O3.C2H3N.C2H6/c1-11(12(2)16)8-15(7-6-13(17)18-5)19-9-14(3,4)10-20-15;1-9-5(8)3-2-4(6)7;1-4(3-6)5(2)7;1-5(2,3-6)4-7;1-5-4(6-2)7-3;1-2-3;1-2/h11H,2,6-10H2,1,3-5H3;2-3H2,1H3;4H,2-3H2,1H3;6-7H,3-4H2,1-2H3;4H,1-3H3;1H3;1-2H3/t11-;;4-;;;;/m1.1..../s1. The van der Waals surface area contributed by atoms with Crippen LogP contribution < -0.4 is 0 Å². The predicted molar refractivity (Wildman–Crippen MR) is 245 cm³/mol. The molecule has 2 atom stereocenters. The Kier molecular flexibility index (Phi) is 50.8. The Hall–Kier alpha value is -0.220. The van der Waals surface area contributed by atoms with Crippen molar-refractivity contribution in [3.8, 4) is 6.07 Å². The van der Waals surface area contributed by atoms with E-state index in [-0.39, 0.29) is 48.8 Å². The Labute approximate surface area is 378 Å². The minimum Gasteiger partial charge on any atom is -0.469 e. The summed E-state index contributed by atoms with van der Waals surface area (Å²) in [6.45, 7) is 26.2. The quantitative estimate of drug-likeness (QED) is 0.0492. The van der Waals surface area contributed by atoms with Gasteiger partial charge in [-0.3, -0.25) is 14.4 Å². The molecule has 0 saturated carbocycles. The summed E-state index contributed by atoms with van der Waals surface area (Å²) in [6.07, 6.45) is 1.65. The molecule has 1 saturated heterocycles. The van der Waals surface area contributed by atoms with Crippen LogP contribution in [0.3, 0.4) is 0 Å². The molecular weight excluding hydrogens is 1080 g/mol. The van der Waals surface area contributed by atoms with Gasteiger partial charge in [-0.15, -0.1) is 0 Å². The minimum absolute atomic E-state index is 0.0132. The fourth-order valence-corrected chi connectivity index (χ4v) is 4.71. The molecule has 2 N–H and O–H groups in total. The highest BCUT2D eigenvalue weighted by molar-refractivity contribution is 14.1. The molecule has 1 aliphatic heterocycles. The number of hydrogen-bond acceptors (Lipinski definition) is 13. The summed E-state index contributed by atoms with van der Waals surface area (Å²) in [4.78, 5) is 31.7. The Balaban J connectivity index is -0.000000144. The number of aliphatic hydroxyl groups excluding tert-OH is 2. The molecule has 328 valence electrons. The maximum Gasteiger partial charge on any atom is 0.305 e. The Morgan fingerprint density at radius 1 is 0.855 bits per heavy atom. The Morgan fingerprint density at radius 2 is 1.22 bits per heavy atom. The third kappa shape index (κ3) is 46.3. The van der Waals surface area contributed by atoms with E-state index in [1.165, 1.54) is 50.5 Å². The topological polar surface area (TPSA) is 180 Å². The summed E-state index contributed by atoms with van der Waals surface area (Å²) in [5, 5.41) is 23.7. The number of allylic oxidation sites excluding steroid dienone is 2. The first kappa shape index (κ1) is 66.6. The molecule has 17 heteroatoms. The van der Waals surface area contributed by atoms with Crippen molar-refractivity contribution in [2.75, 3.05) is 66.4 Å². The number of ether oxygens (including phenoxy) is 7. The largest absolute Gasteiger partial charge is 0.469 e. The number of esters is 2. The highest BCUT2D eigenvalue weighted by Crippen LogP contribution is 2.38. The molecule has 0 aromatic rings. The van der Waals surface area contributed by atoms with Crippen molar-refractivity contribution in [1.29, 1.82) is 5.26 Å². The Morgan fingerprint density at radius 3 is 1.44 bits per heavy atom. The zero-order valence-electron chi connectivity index (χ0n) is 35.7. The van der Waals surface area contributed by atoms with E-state index >= 15 is 0 Å². The molecule has 1 rings (SSSR count). The highest BCUT2D eigenvalue weighted by atomic mass is 127. The maximum absolute atomic E-state index is 11.4. The molecule has 0 spiro atoms. The van der Waals surface area contributed by atoms with E-state index in [9.17, 15) is 14.4 Å². The zero-order valence-corrected chi connectivity index (χ0v) is 42.9. The van der Waals surface area contributed by atoms with Gasteiger partial charge in [0, 0.05) is 62.8 Å². The van der Waals surface area contributed by atoms with Crippen LogP contribution in [0.25, 0.3) is 0 Å². The molecule has 13 nitrogen and oxygen atoms in total. The first-order valence-electron chi connectivity index (χ1n) is 17.4. The van der Waals surface area contributed by atoms with Crippen LogP contribution in [0.15, 0.2) is 20.3 Å². The molecule has 0 bridgehead atoms. The number of nitrogens with zero attached hydrogens (tertiary/aromatic N) is 1.